The summed E-state index contributed by atoms with van der Waals surface area (Å²) >= 11 is 0. The molecule has 1 aliphatic carbocycles. The van der Waals surface area contributed by atoms with E-state index in [1.807, 2.05) is 0 Å². The standard InChI is InChI=1S/C40H21F15/c41-36(42,43)26-11-1-21(2-12-26)31-32(22-3-13-27(14-4-22)37(44,45)46)34(24-7-17-29(18-8-24)39(50,51)52)35(25-9-19-30(20-10-25)40(53,54)55)33(31)23-5-15-28(16-6-23)38(47,48)49/h1-20,31H. The quantitative estimate of drug-likeness (QED) is 0.156. The van der Waals surface area contributed by atoms with Crippen LogP contribution in [0.15, 0.2) is 121 Å². The van der Waals surface area contributed by atoms with Crippen LogP contribution in [-0.4, -0.2) is 0 Å². The van der Waals surface area contributed by atoms with Crippen molar-refractivity contribution in [3.63, 3.8) is 0 Å². The second-order valence-corrected chi connectivity index (χ2v) is 12.4. The van der Waals surface area contributed by atoms with Crippen molar-refractivity contribution >= 4 is 22.3 Å². The number of hydrogen-bond acceptors (Lipinski definition) is 0. The van der Waals surface area contributed by atoms with E-state index < -0.39 is 64.6 Å². The fourth-order valence-electron chi connectivity index (χ4n) is 6.45. The molecule has 55 heavy (non-hydrogen) atoms. The van der Waals surface area contributed by atoms with Gasteiger partial charge in [0.1, 0.15) is 0 Å². The molecule has 0 amide bonds. The van der Waals surface area contributed by atoms with E-state index in [2.05, 4.69) is 0 Å². The molecule has 0 saturated carbocycles. The summed E-state index contributed by atoms with van der Waals surface area (Å²) in [5, 5.41) is 0. The molecular formula is C40H21F15. The molecule has 286 valence electrons. The van der Waals surface area contributed by atoms with Crippen molar-refractivity contribution in [2.75, 3.05) is 0 Å². The molecule has 5 aromatic carbocycles. The number of hydrogen-bond donors (Lipinski definition) is 0. The second-order valence-electron chi connectivity index (χ2n) is 12.4. The van der Waals surface area contributed by atoms with Crippen molar-refractivity contribution in [2.24, 2.45) is 0 Å². The van der Waals surface area contributed by atoms with Crippen molar-refractivity contribution < 1.29 is 65.9 Å². The van der Waals surface area contributed by atoms with E-state index in [4.69, 9.17) is 0 Å². The molecule has 6 rings (SSSR count). The van der Waals surface area contributed by atoms with Gasteiger partial charge in [0.15, 0.2) is 0 Å². The Kier molecular flexibility index (Phi) is 9.76. The number of rotatable bonds is 5. The normalized spacial score (nSPS) is 15.0. The molecular weight excluding hydrogens is 765 g/mol. The Bertz CT molecular complexity index is 2090. The van der Waals surface area contributed by atoms with Gasteiger partial charge in [-0.2, -0.15) is 65.9 Å². The number of benzene rings is 5. The molecule has 15 heteroatoms. The summed E-state index contributed by atoms with van der Waals surface area (Å²) in [5.41, 5.74) is -5.80. The van der Waals surface area contributed by atoms with Crippen molar-refractivity contribution in [3.05, 3.63) is 177 Å². The van der Waals surface area contributed by atoms with Gasteiger partial charge >= 0.3 is 30.9 Å². The molecule has 0 unspecified atom stereocenters. The Morgan fingerprint density at radius 1 is 0.255 bits per heavy atom. The molecule has 0 atom stereocenters. The van der Waals surface area contributed by atoms with Crippen LogP contribution in [0.4, 0.5) is 65.9 Å². The average Bonchev–Trinajstić information content (AvgIpc) is 3.46. The van der Waals surface area contributed by atoms with E-state index in [1.54, 1.807) is 0 Å². The first-order valence-electron chi connectivity index (χ1n) is 15.8. The van der Waals surface area contributed by atoms with Crippen LogP contribution < -0.4 is 0 Å². The molecule has 0 aliphatic heterocycles. The third-order valence-corrected chi connectivity index (χ3v) is 8.99. The highest BCUT2D eigenvalue weighted by Gasteiger charge is 2.41. The lowest BCUT2D eigenvalue weighted by molar-refractivity contribution is -0.138. The summed E-state index contributed by atoms with van der Waals surface area (Å²) in [6.45, 7) is 0. The second kappa shape index (κ2) is 13.7. The lowest BCUT2D eigenvalue weighted by Crippen LogP contribution is -2.08. The minimum Gasteiger partial charge on any atom is -0.166 e. The highest BCUT2D eigenvalue weighted by molar-refractivity contribution is 6.29. The molecule has 0 spiro atoms. The van der Waals surface area contributed by atoms with Crippen molar-refractivity contribution in [1.82, 2.24) is 0 Å². The monoisotopic (exact) mass is 786 g/mol. The molecule has 0 fully saturated rings. The molecule has 0 saturated heterocycles. The van der Waals surface area contributed by atoms with Gasteiger partial charge in [0, 0.05) is 5.92 Å². The van der Waals surface area contributed by atoms with Gasteiger partial charge in [-0.25, -0.2) is 0 Å². The lowest BCUT2D eigenvalue weighted by atomic mass is 9.80. The summed E-state index contributed by atoms with van der Waals surface area (Å²) in [4.78, 5) is 0. The van der Waals surface area contributed by atoms with E-state index >= 15 is 0 Å². The Hall–Kier alpha value is -5.47. The predicted molar refractivity (Wildman–Crippen MR) is 174 cm³/mol. The van der Waals surface area contributed by atoms with E-state index in [1.165, 1.54) is 0 Å². The highest BCUT2D eigenvalue weighted by atomic mass is 19.4. The van der Waals surface area contributed by atoms with Crippen molar-refractivity contribution in [1.29, 1.82) is 0 Å². The minimum absolute atomic E-state index is 0.00182. The first-order chi connectivity index (χ1) is 25.4. The van der Waals surface area contributed by atoms with Gasteiger partial charge in [0.25, 0.3) is 0 Å². The van der Waals surface area contributed by atoms with Gasteiger partial charge in [0.2, 0.25) is 0 Å². The van der Waals surface area contributed by atoms with Crippen LogP contribution in [0.2, 0.25) is 0 Å². The summed E-state index contributed by atoms with van der Waals surface area (Å²) in [6, 6.07) is 17.0. The van der Waals surface area contributed by atoms with Crippen LogP contribution in [-0.2, 0) is 30.9 Å². The maximum absolute atomic E-state index is 13.7. The number of allylic oxidation sites excluding steroid dienone is 4. The Morgan fingerprint density at radius 3 is 0.673 bits per heavy atom. The van der Waals surface area contributed by atoms with Crippen LogP contribution in [0.25, 0.3) is 22.3 Å². The van der Waals surface area contributed by atoms with E-state index in [9.17, 15) is 65.9 Å². The molecule has 0 aromatic heterocycles. The number of halogens is 15. The SMILES string of the molecule is FC(F)(F)c1ccc(C2=C(c3ccc(C(F)(F)F)cc3)C(c3ccc(C(F)(F)F)cc3)C(c3ccc(C(F)(F)F)cc3)=C2c2ccc(C(F)(F)F)cc2)cc1. The maximum atomic E-state index is 13.7. The largest absolute Gasteiger partial charge is 0.416 e. The summed E-state index contributed by atoms with van der Waals surface area (Å²) in [6.07, 6.45) is -24.2. The van der Waals surface area contributed by atoms with Gasteiger partial charge in [-0.3, -0.25) is 0 Å². The van der Waals surface area contributed by atoms with Crippen LogP contribution in [0, 0.1) is 0 Å². The lowest BCUT2D eigenvalue weighted by Gasteiger charge is -2.23. The predicted octanol–water partition coefficient (Wildman–Crippen LogP) is 14.1. The van der Waals surface area contributed by atoms with Crippen LogP contribution in [0.1, 0.15) is 61.6 Å². The third-order valence-electron chi connectivity index (χ3n) is 8.99. The molecule has 0 bridgehead atoms. The molecule has 0 radical (unpaired) electrons. The smallest absolute Gasteiger partial charge is 0.166 e. The molecule has 0 nitrogen and oxygen atoms in total. The van der Waals surface area contributed by atoms with Crippen LogP contribution >= 0.6 is 0 Å². The van der Waals surface area contributed by atoms with E-state index in [-0.39, 0.29) is 50.1 Å². The van der Waals surface area contributed by atoms with Gasteiger partial charge in [0.05, 0.1) is 27.8 Å². The topological polar surface area (TPSA) is 0 Å². The van der Waals surface area contributed by atoms with Crippen molar-refractivity contribution in [3.8, 4) is 0 Å². The Balaban J connectivity index is 1.76. The summed E-state index contributed by atoms with van der Waals surface area (Å²) < 4.78 is 205. The molecule has 1 aliphatic rings. The van der Waals surface area contributed by atoms with Gasteiger partial charge in [-0.1, -0.05) is 60.7 Å². The van der Waals surface area contributed by atoms with Crippen LogP contribution in [0.3, 0.4) is 0 Å². The van der Waals surface area contributed by atoms with E-state index in [0.29, 0.717) is 60.7 Å². The first-order valence-corrected chi connectivity index (χ1v) is 15.8. The maximum Gasteiger partial charge on any atom is 0.416 e. The Morgan fingerprint density at radius 2 is 0.455 bits per heavy atom. The summed E-state index contributed by atoms with van der Waals surface area (Å²) in [5.74, 6) is -1.36. The van der Waals surface area contributed by atoms with Gasteiger partial charge in [-0.15, -0.1) is 0 Å². The zero-order chi connectivity index (χ0) is 40.3. The van der Waals surface area contributed by atoms with Gasteiger partial charge < -0.3 is 0 Å². The summed E-state index contributed by atoms with van der Waals surface area (Å²) in [7, 11) is 0. The Labute approximate surface area is 301 Å². The molecule has 0 N–H and O–H groups in total. The third kappa shape index (κ3) is 8.01. The number of alkyl halides is 15. The fraction of sp³-hybridized carbons (Fsp3) is 0.150. The van der Waals surface area contributed by atoms with Crippen molar-refractivity contribution in [2.45, 2.75) is 36.8 Å². The first kappa shape index (κ1) is 39.2. The zero-order valence-corrected chi connectivity index (χ0v) is 27.3. The molecule has 0 heterocycles. The van der Waals surface area contributed by atoms with Crippen LogP contribution in [0.5, 0.6) is 0 Å². The van der Waals surface area contributed by atoms with Gasteiger partial charge in [-0.05, 0) is 111 Å². The van der Waals surface area contributed by atoms with E-state index in [0.717, 1.165) is 60.7 Å². The fourth-order valence-corrected chi connectivity index (χ4v) is 6.45. The average molecular weight is 787 g/mol. The highest BCUT2D eigenvalue weighted by Crippen LogP contribution is 2.59. The minimum atomic E-state index is -4.83. The zero-order valence-electron chi connectivity index (χ0n) is 27.3. The molecule has 5 aromatic rings.